The number of phenols is 1. The Morgan fingerprint density at radius 2 is 1.85 bits per heavy atom. The van der Waals surface area contributed by atoms with Crippen LogP contribution in [-0.4, -0.2) is 12.2 Å². The van der Waals surface area contributed by atoms with Gasteiger partial charge in [-0.3, -0.25) is 0 Å². The number of hydrogen-bond acceptors (Lipinski definition) is 2. The van der Waals surface area contributed by atoms with Gasteiger partial charge in [-0.15, -0.1) is 0 Å². The highest BCUT2D eigenvalue weighted by molar-refractivity contribution is 5.48. The Bertz CT molecular complexity index is 318. The van der Waals surface area contributed by atoms with Gasteiger partial charge in [-0.05, 0) is 50.1 Å². The molecule has 2 nitrogen and oxygen atoms in total. The zero-order valence-corrected chi connectivity index (χ0v) is 8.73. The Morgan fingerprint density at radius 3 is 2.38 bits per heavy atom. The lowest BCUT2D eigenvalue weighted by Gasteiger charge is -2.13. The third-order valence-electron chi connectivity index (χ3n) is 2.44. The molecule has 13 heavy (non-hydrogen) atoms. The maximum atomic E-state index is 9.71. The smallest absolute Gasteiger partial charge is 0.121 e. The average molecular weight is 179 g/mol. The van der Waals surface area contributed by atoms with Gasteiger partial charge in [-0.2, -0.15) is 0 Å². The highest BCUT2D eigenvalue weighted by atomic mass is 16.3. The normalized spacial score (nSPS) is 10.5. The maximum absolute atomic E-state index is 9.71. The summed E-state index contributed by atoms with van der Waals surface area (Å²) in [6.45, 7) is 6.78. The van der Waals surface area contributed by atoms with Gasteiger partial charge in [0.25, 0.3) is 0 Å². The van der Waals surface area contributed by atoms with Crippen molar-refractivity contribution < 1.29 is 5.11 Å². The van der Waals surface area contributed by atoms with Gasteiger partial charge in [-0.25, -0.2) is 0 Å². The fraction of sp³-hybridized carbons (Fsp3) is 0.455. The van der Waals surface area contributed by atoms with Crippen molar-refractivity contribution in [2.24, 2.45) is 0 Å². The quantitative estimate of drug-likeness (QED) is 0.728. The van der Waals surface area contributed by atoms with E-state index in [1.54, 1.807) is 0 Å². The molecule has 1 aromatic carbocycles. The number of aryl methyl sites for hydroxylation is 2. The van der Waals surface area contributed by atoms with Crippen molar-refractivity contribution in [2.45, 2.75) is 27.3 Å². The molecule has 0 spiro atoms. The summed E-state index contributed by atoms with van der Waals surface area (Å²) < 4.78 is 0. The molecule has 0 aromatic heterocycles. The minimum absolute atomic E-state index is 0.427. The molecule has 0 saturated heterocycles. The number of aromatic hydroxyl groups is 1. The van der Waals surface area contributed by atoms with Gasteiger partial charge in [0.05, 0.1) is 0 Å². The van der Waals surface area contributed by atoms with Gasteiger partial charge < -0.3 is 10.4 Å². The van der Waals surface area contributed by atoms with Crippen LogP contribution in [0.1, 0.15) is 22.3 Å². The molecular weight excluding hydrogens is 162 g/mol. The lowest BCUT2D eigenvalue weighted by Crippen LogP contribution is -2.08. The summed E-state index contributed by atoms with van der Waals surface area (Å²) in [5, 5.41) is 12.8. The third-order valence-corrected chi connectivity index (χ3v) is 2.44. The number of phenolic OH excluding ortho intramolecular Hbond substituents is 1. The van der Waals surface area contributed by atoms with Crippen LogP contribution in [-0.2, 0) is 6.54 Å². The van der Waals surface area contributed by atoms with E-state index < -0.39 is 0 Å². The summed E-state index contributed by atoms with van der Waals surface area (Å²) in [5.41, 5.74) is 4.38. The van der Waals surface area contributed by atoms with E-state index >= 15 is 0 Å². The molecular formula is C11H17NO. The SMILES string of the molecule is CNCc1c(C)cc(C)c(O)c1C. The van der Waals surface area contributed by atoms with Gasteiger partial charge in [0.1, 0.15) is 5.75 Å². The molecule has 0 saturated carbocycles. The predicted octanol–water partition coefficient (Wildman–Crippen LogP) is 2.04. The molecule has 2 N–H and O–H groups in total. The van der Waals surface area contributed by atoms with Crippen LogP contribution in [0.15, 0.2) is 6.07 Å². The Balaban J connectivity index is 3.26. The van der Waals surface area contributed by atoms with Crippen LogP contribution in [0.2, 0.25) is 0 Å². The predicted molar refractivity (Wildman–Crippen MR) is 55.1 cm³/mol. The summed E-state index contributed by atoms with van der Waals surface area (Å²) in [6, 6.07) is 2.02. The highest BCUT2D eigenvalue weighted by Crippen LogP contribution is 2.27. The van der Waals surface area contributed by atoms with Crippen LogP contribution >= 0.6 is 0 Å². The Morgan fingerprint density at radius 1 is 1.23 bits per heavy atom. The Kier molecular flexibility index (Phi) is 2.94. The second-order valence-electron chi connectivity index (χ2n) is 3.49. The summed E-state index contributed by atoms with van der Waals surface area (Å²) in [5.74, 6) is 0.427. The molecule has 2 heteroatoms. The molecule has 0 aliphatic rings. The van der Waals surface area contributed by atoms with Crippen molar-refractivity contribution in [1.29, 1.82) is 0 Å². The molecule has 72 valence electrons. The van der Waals surface area contributed by atoms with Gasteiger partial charge in [-0.1, -0.05) is 6.07 Å². The molecule has 0 bridgehead atoms. The van der Waals surface area contributed by atoms with Crippen molar-refractivity contribution >= 4 is 0 Å². The van der Waals surface area contributed by atoms with E-state index in [1.165, 1.54) is 11.1 Å². The molecule has 0 amide bonds. The first-order valence-electron chi connectivity index (χ1n) is 4.51. The van der Waals surface area contributed by atoms with Crippen molar-refractivity contribution in [3.63, 3.8) is 0 Å². The lowest BCUT2D eigenvalue weighted by atomic mass is 9.98. The van der Waals surface area contributed by atoms with E-state index in [0.717, 1.165) is 17.7 Å². The summed E-state index contributed by atoms with van der Waals surface area (Å²) in [6.07, 6.45) is 0. The van der Waals surface area contributed by atoms with Crippen LogP contribution in [0.3, 0.4) is 0 Å². The lowest BCUT2D eigenvalue weighted by molar-refractivity contribution is 0.465. The minimum atomic E-state index is 0.427. The summed E-state index contributed by atoms with van der Waals surface area (Å²) in [7, 11) is 1.91. The zero-order valence-electron chi connectivity index (χ0n) is 8.73. The number of hydrogen-bond donors (Lipinski definition) is 2. The van der Waals surface area contributed by atoms with E-state index in [2.05, 4.69) is 12.2 Å². The van der Waals surface area contributed by atoms with Crippen molar-refractivity contribution in [3.8, 4) is 5.75 Å². The standard InChI is InChI=1S/C11H17NO/c1-7-5-8(2)11(13)9(3)10(7)6-12-4/h5,12-13H,6H2,1-4H3. The molecule has 1 rings (SSSR count). The van der Waals surface area contributed by atoms with Crippen molar-refractivity contribution in [2.75, 3.05) is 7.05 Å². The van der Waals surface area contributed by atoms with E-state index in [1.807, 2.05) is 27.0 Å². The zero-order chi connectivity index (χ0) is 10.0. The van der Waals surface area contributed by atoms with Crippen molar-refractivity contribution in [3.05, 3.63) is 28.3 Å². The average Bonchev–Trinajstić information content (AvgIpc) is 2.09. The largest absolute Gasteiger partial charge is 0.507 e. The van der Waals surface area contributed by atoms with Crippen molar-refractivity contribution in [1.82, 2.24) is 5.32 Å². The van der Waals surface area contributed by atoms with Gasteiger partial charge in [0.2, 0.25) is 0 Å². The molecule has 1 aromatic rings. The molecule has 0 radical (unpaired) electrons. The van der Waals surface area contributed by atoms with Gasteiger partial charge in [0.15, 0.2) is 0 Å². The van der Waals surface area contributed by atoms with Crippen LogP contribution in [0.5, 0.6) is 5.75 Å². The first kappa shape index (κ1) is 10.1. The van der Waals surface area contributed by atoms with Gasteiger partial charge in [0, 0.05) is 6.54 Å². The van der Waals surface area contributed by atoms with E-state index in [0.29, 0.717) is 5.75 Å². The number of nitrogens with one attached hydrogen (secondary N) is 1. The van der Waals surface area contributed by atoms with Crippen LogP contribution in [0, 0.1) is 20.8 Å². The van der Waals surface area contributed by atoms with Crippen LogP contribution < -0.4 is 5.32 Å². The second-order valence-corrected chi connectivity index (χ2v) is 3.49. The number of rotatable bonds is 2. The second kappa shape index (κ2) is 3.79. The van der Waals surface area contributed by atoms with Crippen LogP contribution in [0.4, 0.5) is 0 Å². The molecule has 0 aliphatic heterocycles. The fourth-order valence-corrected chi connectivity index (χ4v) is 1.66. The summed E-state index contributed by atoms with van der Waals surface area (Å²) in [4.78, 5) is 0. The Labute approximate surface area is 79.6 Å². The Hall–Kier alpha value is -1.02. The number of benzene rings is 1. The molecule has 0 fully saturated rings. The van der Waals surface area contributed by atoms with Crippen LogP contribution in [0.25, 0.3) is 0 Å². The summed E-state index contributed by atoms with van der Waals surface area (Å²) >= 11 is 0. The molecule has 0 aliphatic carbocycles. The molecule has 0 unspecified atom stereocenters. The third kappa shape index (κ3) is 1.83. The molecule has 0 atom stereocenters. The van der Waals surface area contributed by atoms with Gasteiger partial charge >= 0.3 is 0 Å². The topological polar surface area (TPSA) is 32.3 Å². The molecule has 0 heterocycles. The first-order valence-corrected chi connectivity index (χ1v) is 4.51. The van der Waals surface area contributed by atoms with E-state index in [4.69, 9.17) is 0 Å². The highest BCUT2D eigenvalue weighted by Gasteiger charge is 2.08. The van der Waals surface area contributed by atoms with E-state index in [9.17, 15) is 5.11 Å². The fourth-order valence-electron chi connectivity index (χ4n) is 1.66. The van der Waals surface area contributed by atoms with E-state index in [-0.39, 0.29) is 0 Å². The minimum Gasteiger partial charge on any atom is -0.507 e. The maximum Gasteiger partial charge on any atom is 0.121 e. The monoisotopic (exact) mass is 179 g/mol. The first-order chi connectivity index (χ1) is 6.07.